The Labute approximate surface area is 134 Å². The number of nitrogens with zero attached hydrogens (tertiary/aromatic N) is 1. The normalized spacial score (nSPS) is 11.2. The summed E-state index contributed by atoms with van der Waals surface area (Å²) >= 11 is 0. The van der Waals surface area contributed by atoms with Crippen molar-refractivity contribution in [1.29, 1.82) is 5.26 Å². The van der Waals surface area contributed by atoms with Crippen molar-refractivity contribution >= 4 is 11.9 Å². The summed E-state index contributed by atoms with van der Waals surface area (Å²) in [5.74, 6) is -0.956. The highest BCUT2D eigenvalue weighted by atomic mass is 16.5. The number of carboxylic acid groups (broad SMARTS) is 1. The lowest BCUT2D eigenvalue weighted by Crippen LogP contribution is -2.42. The number of hydrogen-bond acceptors (Lipinski definition) is 5. The average Bonchev–Trinajstić information content (AvgIpc) is 2.56. The lowest BCUT2D eigenvalue weighted by molar-refractivity contribution is -0.142. The van der Waals surface area contributed by atoms with Gasteiger partial charge in [0, 0.05) is 6.07 Å². The number of carboxylic acids is 1. The van der Waals surface area contributed by atoms with Crippen molar-refractivity contribution in [1.82, 2.24) is 5.32 Å². The van der Waals surface area contributed by atoms with Crippen LogP contribution in [0.2, 0.25) is 0 Å². The lowest BCUT2D eigenvalue weighted by Gasteiger charge is -2.15. The van der Waals surface area contributed by atoms with Crippen LogP contribution in [0.1, 0.15) is 31.7 Å². The quantitative estimate of drug-likeness (QED) is 0.717. The van der Waals surface area contributed by atoms with Crippen LogP contribution in [0, 0.1) is 11.3 Å². The number of hydrogen-bond donors (Lipinski definition) is 2. The van der Waals surface area contributed by atoms with Gasteiger partial charge in [0.05, 0.1) is 18.7 Å². The molecule has 0 aliphatic rings. The van der Waals surface area contributed by atoms with Crippen molar-refractivity contribution in [2.45, 2.75) is 32.2 Å². The molecule has 0 heterocycles. The minimum Gasteiger partial charge on any atom is -0.493 e. The predicted octanol–water partition coefficient (Wildman–Crippen LogP) is 1.71. The second-order valence-corrected chi connectivity index (χ2v) is 4.87. The summed E-state index contributed by atoms with van der Waals surface area (Å²) in [4.78, 5) is 22.9. The zero-order valence-corrected chi connectivity index (χ0v) is 13.2. The Morgan fingerprint density at radius 3 is 2.70 bits per heavy atom. The molecule has 0 saturated heterocycles. The van der Waals surface area contributed by atoms with Gasteiger partial charge in [-0.2, -0.15) is 5.26 Å². The number of rotatable bonds is 9. The van der Waals surface area contributed by atoms with E-state index in [1.54, 1.807) is 0 Å². The van der Waals surface area contributed by atoms with Crippen molar-refractivity contribution in [3.63, 3.8) is 0 Å². The summed E-state index contributed by atoms with van der Waals surface area (Å²) < 4.78 is 10.4. The van der Waals surface area contributed by atoms with Crippen LogP contribution < -0.4 is 14.8 Å². The number of aliphatic carboxylic acids is 1. The Hall–Kier alpha value is -2.75. The van der Waals surface area contributed by atoms with Gasteiger partial charge in [0.25, 0.3) is 5.91 Å². The van der Waals surface area contributed by atoms with E-state index in [0.717, 1.165) is 6.42 Å². The number of unbranched alkanes of at least 4 members (excludes halogenated alkanes) is 1. The zero-order valence-electron chi connectivity index (χ0n) is 13.2. The molecule has 124 valence electrons. The van der Waals surface area contributed by atoms with Crippen molar-refractivity contribution < 1.29 is 24.2 Å². The highest BCUT2D eigenvalue weighted by Gasteiger charge is 2.19. The third-order valence-electron chi connectivity index (χ3n) is 3.13. The second-order valence-electron chi connectivity index (χ2n) is 4.87. The van der Waals surface area contributed by atoms with Crippen LogP contribution in [-0.4, -0.2) is 36.7 Å². The Bertz CT molecular complexity index is 595. The number of methoxy groups -OCH3 is 1. The first-order valence-corrected chi connectivity index (χ1v) is 7.24. The third kappa shape index (κ3) is 5.87. The molecular weight excluding hydrogens is 300 g/mol. The molecule has 1 aromatic rings. The van der Waals surface area contributed by atoms with E-state index in [4.69, 9.17) is 19.8 Å². The van der Waals surface area contributed by atoms with Gasteiger partial charge < -0.3 is 19.9 Å². The molecule has 0 saturated carbocycles. The molecule has 1 atom stereocenters. The maximum Gasteiger partial charge on any atom is 0.326 e. The summed E-state index contributed by atoms with van der Waals surface area (Å²) in [6.45, 7) is 1.61. The van der Waals surface area contributed by atoms with E-state index in [-0.39, 0.29) is 6.61 Å². The summed E-state index contributed by atoms with van der Waals surface area (Å²) in [5.41, 5.74) is 0.407. The fraction of sp³-hybridized carbons (Fsp3) is 0.438. The molecule has 0 aliphatic heterocycles. The van der Waals surface area contributed by atoms with Gasteiger partial charge in [0.1, 0.15) is 6.04 Å². The van der Waals surface area contributed by atoms with Crippen LogP contribution in [0.4, 0.5) is 0 Å². The lowest BCUT2D eigenvalue weighted by atomic mass is 10.1. The first-order valence-electron chi connectivity index (χ1n) is 7.24. The van der Waals surface area contributed by atoms with Crippen LogP contribution in [0.5, 0.6) is 11.5 Å². The van der Waals surface area contributed by atoms with Gasteiger partial charge in [-0.1, -0.05) is 19.8 Å². The van der Waals surface area contributed by atoms with Crippen LogP contribution in [0.3, 0.4) is 0 Å². The topological polar surface area (TPSA) is 109 Å². The largest absolute Gasteiger partial charge is 0.493 e. The van der Waals surface area contributed by atoms with Gasteiger partial charge in [-0.25, -0.2) is 4.79 Å². The number of benzene rings is 1. The van der Waals surface area contributed by atoms with Crippen molar-refractivity contribution in [2.75, 3.05) is 13.7 Å². The second kappa shape index (κ2) is 9.30. The highest BCUT2D eigenvalue weighted by molar-refractivity contribution is 5.84. The van der Waals surface area contributed by atoms with E-state index < -0.39 is 17.9 Å². The average molecular weight is 320 g/mol. The van der Waals surface area contributed by atoms with Crippen molar-refractivity contribution in [2.24, 2.45) is 0 Å². The van der Waals surface area contributed by atoms with E-state index in [9.17, 15) is 9.59 Å². The summed E-state index contributed by atoms with van der Waals surface area (Å²) in [6, 6.07) is 5.61. The van der Waals surface area contributed by atoms with Gasteiger partial charge in [-0.05, 0) is 18.6 Å². The van der Waals surface area contributed by atoms with Gasteiger partial charge in [-0.15, -0.1) is 0 Å². The minimum atomic E-state index is -1.07. The van der Waals surface area contributed by atoms with E-state index in [1.807, 2.05) is 13.0 Å². The molecule has 1 rings (SSSR count). The van der Waals surface area contributed by atoms with E-state index >= 15 is 0 Å². The van der Waals surface area contributed by atoms with Crippen LogP contribution in [0.25, 0.3) is 0 Å². The molecule has 0 fully saturated rings. The van der Waals surface area contributed by atoms with Crippen molar-refractivity contribution in [3.8, 4) is 17.6 Å². The monoisotopic (exact) mass is 320 g/mol. The van der Waals surface area contributed by atoms with Gasteiger partial charge in [0.15, 0.2) is 18.1 Å². The Morgan fingerprint density at radius 1 is 1.39 bits per heavy atom. The first-order chi connectivity index (χ1) is 11.0. The molecule has 23 heavy (non-hydrogen) atoms. The zero-order chi connectivity index (χ0) is 17.2. The SMILES string of the molecule is CCCC[C@H](NC(=O)COc1ccc(C#N)cc1OC)C(=O)O. The van der Waals surface area contributed by atoms with E-state index in [1.165, 1.54) is 25.3 Å². The van der Waals surface area contributed by atoms with E-state index in [0.29, 0.717) is 29.9 Å². The standard InChI is InChI=1S/C16H20N2O5/c1-3-4-5-12(16(20)21)18-15(19)10-23-13-7-6-11(9-17)8-14(13)22-2/h6-8,12H,3-5,10H2,1-2H3,(H,18,19)(H,20,21)/t12-/m0/s1. The minimum absolute atomic E-state index is 0.307. The van der Waals surface area contributed by atoms with Gasteiger partial charge in [0.2, 0.25) is 0 Å². The van der Waals surface area contributed by atoms with Gasteiger partial charge in [-0.3, -0.25) is 4.79 Å². The molecule has 7 nitrogen and oxygen atoms in total. The first kappa shape index (κ1) is 18.3. The molecule has 0 unspecified atom stereocenters. The molecule has 1 aromatic carbocycles. The maximum absolute atomic E-state index is 11.8. The summed E-state index contributed by atoms with van der Waals surface area (Å²) in [6.07, 6.45) is 1.93. The Balaban J connectivity index is 2.62. The van der Waals surface area contributed by atoms with E-state index in [2.05, 4.69) is 5.32 Å². The number of nitriles is 1. The molecule has 2 N–H and O–H groups in total. The molecule has 7 heteroatoms. The number of ether oxygens (including phenoxy) is 2. The number of carbonyl (C=O) groups is 2. The number of carbonyl (C=O) groups excluding carboxylic acids is 1. The fourth-order valence-corrected chi connectivity index (χ4v) is 1.90. The van der Waals surface area contributed by atoms with Crippen LogP contribution >= 0.6 is 0 Å². The molecule has 1 amide bonds. The molecule has 0 radical (unpaired) electrons. The smallest absolute Gasteiger partial charge is 0.326 e. The Morgan fingerprint density at radius 2 is 2.13 bits per heavy atom. The molecule has 0 aromatic heterocycles. The molecular formula is C16H20N2O5. The number of amides is 1. The Kier molecular flexibility index (Phi) is 7.40. The molecule has 0 spiro atoms. The van der Waals surface area contributed by atoms with Crippen LogP contribution in [-0.2, 0) is 9.59 Å². The third-order valence-corrected chi connectivity index (χ3v) is 3.13. The van der Waals surface area contributed by atoms with Crippen LogP contribution in [0.15, 0.2) is 18.2 Å². The summed E-state index contributed by atoms with van der Waals surface area (Å²) in [7, 11) is 1.43. The maximum atomic E-state index is 11.8. The predicted molar refractivity (Wildman–Crippen MR) is 82.3 cm³/mol. The number of nitrogens with one attached hydrogen (secondary N) is 1. The fourth-order valence-electron chi connectivity index (χ4n) is 1.90. The molecule has 0 aliphatic carbocycles. The summed E-state index contributed by atoms with van der Waals surface area (Å²) in [5, 5.41) is 20.3. The van der Waals surface area contributed by atoms with Gasteiger partial charge >= 0.3 is 5.97 Å². The molecule has 0 bridgehead atoms. The van der Waals surface area contributed by atoms with Crippen molar-refractivity contribution in [3.05, 3.63) is 23.8 Å². The highest BCUT2D eigenvalue weighted by Crippen LogP contribution is 2.27.